The largest absolute Gasteiger partial charge is 0.481 e. The van der Waals surface area contributed by atoms with E-state index in [1.807, 2.05) is 13.0 Å². The van der Waals surface area contributed by atoms with Gasteiger partial charge in [0.2, 0.25) is 0 Å². The van der Waals surface area contributed by atoms with Gasteiger partial charge in [-0.25, -0.2) is 4.79 Å². The lowest BCUT2D eigenvalue weighted by Crippen LogP contribution is -2.35. The summed E-state index contributed by atoms with van der Waals surface area (Å²) >= 11 is 0. The summed E-state index contributed by atoms with van der Waals surface area (Å²) in [6, 6.07) is -0.107. The number of carbonyl (C=O) groups is 2. The Bertz CT molecular complexity index is 344. The molecule has 2 amide bonds. The summed E-state index contributed by atoms with van der Waals surface area (Å²) in [6.45, 7) is 3.15. The maximum absolute atomic E-state index is 11.1. The van der Waals surface area contributed by atoms with Crippen LogP contribution < -0.4 is 10.6 Å². The zero-order valence-corrected chi connectivity index (χ0v) is 15.3. The van der Waals surface area contributed by atoms with Gasteiger partial charge in [0, 0.05) is 19.5 Å². The van der Waals surface area contributed by atoms with Gasteiger partial charge in [-0.1, -0.05) is 63.5 Å². The second-order valence-corrected chi connectivity index (χ2v) is 6.18. The summed E-state index contributed by atoms with van der Waals surface area (Å²) in [4.78, 5) is 21.5. The zero-order chi connectivity index (χ0) is 17.9. The van der Waals surface area contributed by atoms with Crippen molar-refractivity contribution in [3.63, 3.8) is 0 Å². The highest BCUT2D eigenvalue weighted by atomic mass is 16.4. The highest BCUT2D eigenvalue weighted by molar-refractivity contribution is 5.73. The van der Waals surface area contributed by atoms with Crippen molar-refractivity contribution < 1.29 is 14.7 Å². The Morgan fingerprint density at radius 3 is 1.88 bits per heavy atom. The standard InChI is InChI=1S/C19H36N2O3/c1-2-20-19(24)21-17-15-13-11-9-7-5-3-4-6-8-10-12-14-16-18(22)23/h13,15H,2-12,14,16-17H2,1H3,(H,22,23)(H2,20,21,24)/b15-13-. The summed E-state index contributed by atoms with van der Waals surface area (Å²) in [5.74, 6) is -0.678. The van der Waals surface area contributed by atoms with Crippen molar-refractivity contribution in [3.8, 4) is 0 Å². The van der Waals surface area contributed by atoms with Crippen LogP contribution >= 0.6 is 0 Å². The Morgan fingerprint density at radius 2 is 1.33 bits per heavy atom. The van der Waals surface area contributed by atoms with Crippen molar-refractivity contribution in [2.24, 2.45) is 0 Å². The number of nitrogens with one attached hydrogen (secondary N) is 2. The number of hydrogen-bond donors (Lipinski definition) is 3. The molecule has 3 N–H and O–H groups in total. The van der Waals surface area contributed by atoms with Crippen molar-refractivity contribution in [2.45, 2.75) is 84.0 Å². The summed E-state index contributed by atoms with van der Waals surface area (Å²) in [5.41, 5.74) is 0. The maximum atomic E-state index is 11.1. The van der Waals surface area contributed by atoms with E-state index in [0.29, 0.717) is 19.5 Å². The second kappa shape index (κ2) is 17.8. The number of rotatable bonds is 16. The molecule has 0 heterocycles. The van der Waals surface area contributed by atoms with Gasteiger partial charge in [0.25, 0.3) is 0 Å². The molecule has 0 rings (SSSR count). The molecule has 0 aromatic carbocycles. The Hall–Kier alpha value is -1.52. The van der Waals surface area contributed by atoms with Crippen molar-refractivity contribution in [3.05, 3.63) is 12.2 Å². The first-order valence-electron chi connectivity index (χ1n) is 9.55. The van der Waals surface area contributed by atoms with Crippen molar-refractivity contribution >= 4 is 12.0 Å². The average molecular weight is 341 g/mol. The smallest absolute Gasteiger partial charge is 0.315 e. The molecule has 5 heteroatoms. The van der Waals surface area contributed by atoms with Gasteiger partial charge in [0.1, 0.15) is 0 Å². The van der Waals surface area contributed by atoms with Crippen LogP contribution in [-0.2, 0) is 4.79 Å². The highest BCUT2D eigenvalue weighted by Gasteiger charge is 1.97. The van der Waals surface area contributed by atoms with Crippen LogP contribution in [0.5, 0.6) is 0 Å². The van der Waals surface area contributed by atoms with Gasteiger partial charge < -0.3 is 15.7 Å². The lowest BCUT2D eigenvalue weighted by Gasteiger charge is -2.02. The summed E-state index contributed by atoms with van der Waals surface area (Å²) in [7, 11) is 0. The number of allylic oxidation sites excluding steroid dienone is 1. The van der Waals surface area contributed by atoms with Crippen molar-refractivity contribution in [1.82, 2.24) is 10.6 Å². The van der Waals surface area contributed by atoms with Crippen LogP contribution in [0.15, 0.2) is 12.2 Å². The molecule has 0 atom stereocenters. The third kappa shape index (κ3) is 18.5. The van der Waals surface area contributed by atoms with Gasteiger partial charge in [-0.05, 0) is 26.2 Å². The molecule has 0 aliphatic rings. The molecule has 0 spiro atoms. The molecule has 140 valence electrons. The first-order chi connectivity index (χ1) is 11.7. The minimum absolute atomic E-state index is 0.107. The summed E-state index contributed by atoms with van der Waals surface area (Å²) < 4.78 is 0. The molecule has 0 radical (unpaired) electrons. The lowest BCUT2D eigenvalue weighted by atomic mass is 10.1. The molecule has 24 heavy (non-hydrogen) atoms. The molecule has 0 saturated heterocycles. The van der Waals surface area contributed by atoms with E-state index < -0.39 is 5.97 Å². The van der Waals surface area contributed by atoms with E-state index in [9.17, 15) is 9.59 Å². The number of carbonyl (C=O) groups excluding carboxylic acids is 1. The SMILES string of the molecule is CCNC(=O)NC/C=C\CCCCCCCCCCCCC(=O)O. The van der Waals surface area contributed by atoms with Crippen LogP contribution in [0.3, 0.4) is 0 Å². The van der Waals surface area contributed by atoms with Gasteiger partial charge >= 0.3 is 12.0 Å². The van der Waals surface area contributed by atoms with E-state index in [4.69, 9.17) is 5.11 Å². The quantitative estimate of drug-likeness (QED) is 0.283. The zero-order valence-electron chi connectivity index (χ0n) is 15.3. The monoisotopic (exact) mass is 340 g/mol. The number of unbranched alkanes of at least 4 members (excludes halogenated alkanes) is 10. The van der Waals surface area contributed by atoms with Crippen molar-refractivity contribution in [2.75, 3.05) is 13.1 Å². The molecule has 0 saturated carbocycles. The second-order valence-electron chi connectivity index (χ2n) is 6.18. The number of amides is 2. The molecule has 0 aromatic rings. The molecule has 5 nitrogen and oxygen atoms in total. The summed E-state index contributed by atoms with van der Waals surface area (Å²) in [5, 5.41) is 14.0. The van der Waals surface area contributed by atoms with E-state index in [1.165, 1.54) is 51.4 Å². The maximum Gasteiger partial charge on any atom is 0.315 e. The molecule has 0 aromatic heterocycles. The fraction of sp³-hybridized carbons (Fsp3) is 0.789. The van der Waals surface area contributed by atoms with Crippen LogP contribution in [0.4, 0.5) is 4.79 Å². The minimum atomic E-state index is -0.678. The molecular formula is C19H36N2O3. The Kier molecular flexibility index (Phi) is 16.7. The van der Waals surface area contributed by atoms with E-state index in [1.54, 1.807) is 0 Å². The number of urea groups is 1. The average Bonchev–Trinajstić information content (AvgIpc) is 2.54. The van der Waals surface area contributed by atoms with Gasteiger partial charge in [-0.2, -0.15) is 0 Å². The van der Waals surface area contributed by atoms with Crippen molar-refractivity contribution in [1.29, 1.82) is 0 Å². The number of carboxylic acids is 1. The van der Waals surface area contributed by atoms with Crippen LogP contribution in [0, 0.1) is 0 Å². The van der Waals surface area contributed by atoms with Gasteiger partial charge in [0.05, 0.1) is 0 Å². The molecule has 0 aliphatic heterocycles. The molecule has 0 fully saturated rings. The highest BCUT2D eigenvalue weighted by Crippen LogP contribution is 2.12. The fourth-order valence-corrected chi connectivity index (χ4v) is 2.53. The first-order valence-corrected chi connectivity index (χ1v) is 9.55. The summed E-state index contributed by atoms with van der Waals surface area (Å²) in [6.07, 6.45) is 17.5. The van der Waals surface area contributed by atoms with Gasteiger partial charge in [-0.3, -0.25) is 4.79 Å². The van der Waals surface area contributed by atoms with Gasteiger partial charge in [-0.15, -0.1) is 0 Å². The lowest BCUT2D eigenvalue weighted by molar-refractivity contribution is -0.137. The van der Waals surface area contributed by atoms with E-state index in [-0.39, 0.29) is 6.03 Å². The van der Waals surface area contributed by atoms with Gasteiger partial charge in [0.15, 0.2) is 0 Å². The Morgan fingerprint density at radius 1 is 0.792 bits per heavy atom. The van der Waals surface area contributed by atoms with Crippen LogP contribution in [-0.4, -0.2) is 30.2 Å². The Labute approximate surface area is 147 Å². The third-order valence-corrected chi connectivity index (χ3v) is 3.90. The predicted molar refractivity (Wildman–Crippen MR) is 99.3 cm³/mol. The third-order valence-electron chi connectivity index (χ3n) is 3.90. The molecule has 0 aliphatic carbocycles. The van der Waals surface area contributed by atoms with E-state index in [0.717, 1.165) is 19.3 Å². The number of carboxylic acid groups (broad SMARTS) is 1. The molecule has 0 bridgehead atoms. The van der Waals surface area contributed by atoms with E-state index in [2.05, 4.69) is 16.7 Å². The van der Waals surface area contributed by atoms with Crippen LogP contribution in [0.25, 0.3) is 0 Å². The molecular weight excluding hydrogens is 304 g/mol. The molecule has 0 unspecified atom stereocenters. The van der Waals surface area contributed by atoms with Crippen LogP contribution in [0.1, 0.15) is 84.0 Å². The van der Waals surface area contributed by atoms with E-state index >= 15 is 0 Å². The normalized spacial score (nSPS) is 10.9. The van der Waals surface area contributed by atoms with Crippen LogP contribution in [0.2, 0.25) is 0 Å². The fourth-order valence-electron chi connectivity index (χ4n) is 2.53. The topological polar surface area (TPSA) is 78.4 Å². The first kappa shape index (κ1) is 22.5. The Balaban J connectivity index is 3.14. The predicted octanol–water partition coefficient (Wildman–Crippen LogP) is 4.63. The number of hydrogen-bond acceptors (Lipinski definition) is 2. The number of aliphatic carboxylic acids is 1. The minimum Gasteiger partial charge on any atom is -0.481 e.